The monoisotopic (exact) mass is 235 g/mol. The van der Waals surface area contributed by atoms with Crippen LogP contribution in [-0.2, 0) is 9.53 Å². The van der Waals surface area contributed by atoms with Gasteiger partial charge in [0.05, 0.1) is 6.61 Å². The summed E-state index contributed by atoms with van der Waals surface area (Å²) in [4.78, 5) is 21.7. The Kier molecular flexibility index (Phi) is 7.89. The summed E-state index contributed by atoms with van der Waals surface area (Å²) in [7, 11) is 0. The van der Waals surface area contributed by atoms with Crippen molar-refractivity contribution in [2.75, 3.05) is 18.1 Å². The van der Waals surface area contributed by atoms with Crippen LogP contribution in [0, 0.1) is 0 Å². The first-order valence-corrected chi connectivity index (χ1v) is 6.01. The van der Waals surface area contributed by atoms with Crippen LogP contribution in [0.2, 0.25) is 0 Å². The maximum Gasteiger partial charge on any atom is 0.407 e. The molecule has 0 radical (unpaired) electrons. The molecule has 1 atom stereocenters. The Hall–Kier alpha value is -0.910. The van der Waals surface area contributed by atoms with Crippen molar-refractivity contribution in [3.05, 3.63) is 0 Å². The molecule has 0 aliphatic carbocycles. The minimum atomic E-state index is -1.03. The number of nitrogens with one attached hydrogen (secondary N) is 1. The van der Waals surface area contributed by atoms with Crippen molar-refractivity contribution in [1.82, 2.24) is 5.32 Å². The van der Waals surface area contributed by atoms with Gasteiger partial charge in [0, 0.05) is 0 Å². The molecule has 6 heteroatoms. The normalized spacial score (nSPS) is 11.9. The molecule has 0 aliphatic heterocycles. The highest BCUT2D eigenvalue weighted by atomic mass is 32.2. The Bertz CT molecular complexity index is 210. The Morgan fingerprint density at radius 1 is 1.47 bits per heavy atom. The zero-order valence-corrected chi connectivity index (χ0v) is 9.80. The predicted octanol–water partition coefficient (Wildman–Crippen LogP) is 1.33. The Morgan fingerprint density at radius 2 is 2.13 bits per heavy atom. The second kappa shape index (κ2) is 8.40. The lowest BCUT2D eigenvalue weighted by atomic mass is 10.2. The van der Waals surface area contributed by atoms with Crippen molar-refractivity contribution in [2.45, 2.75) is 26.3 Å². The van der Waals surface area contributed by atoms with E-state index in [2.05, 4.69) is 10.1 Å². The van der Waals surface area contributed by atoms with Crippen molar-refractivity contribution in [1.29, 1.82) is 0 Å². The summed E-state index contributed by atoms with van der Waals surface area (Å²) in [5.74, 6) is 0.616. The van der Waals surface area contributed by atoms with Crippen LogP contribution in [0.1, 0.15) is 20.3 Å². The van der Waals surface area contributed by atoms with E-state index in [1.165, 1.54) is 0 Å². The third kappa shape index (κ3) is 7.07. The van der Waals surface area contributed by atoms with Crippen molar-refractivity contribution in [3.8, 4) is 0 Å². The zero-order valence-electron chi connectivity index (χ0n) is 8.99. The largest absolute Gasteiger partial charge is 0.480 e. The molecule has 5 nitrogen and oxygen atoms in total. The van der Waals surface area contributed by atoms with Crippen LogP contribution >= 0.6 is 11.8 Å². The van der Waals surface area contributed by atoms with Crippen LogP contribution in [-0.4, -0.2) is 41.3 Å². The fraction of sp³-hybridized carbons (Fsp3) is 0.778. The molecule has 0 unspecified atom stereocenters. The summed E-state index contributed by atoms with van der Waals surface area (Å²) < 4.78 is 4.61. The van der Waals surface area contributed by atoms with E-state index in [1.807, 2.05) is 6.92 Å². The predicted molar refractivity (Wildman–Crippen MR) is 59.2 cm³/mol. The average molecular weight is 235 g/mol. The molecule has 0 aromatic rings. The van der Waals surface area contributed by atoms with Gasteiger partial charge in [-0.3, -0.25) is 0 Å². The highest BCUT2D eigenvalue weighted by Gasteiger charge is 2.19. The molecule has 0 aliphatic rings. The number of carboxylic acid groups (broad SMARTS) is 1. The first-order valence-electron chi connectivity index (χ1n) is 4.85. The highest BCUT2D eigenvalue weighted by Crippen LogP contribution is 2.04. The van der Waals surface area contributed by atoms with Crippen LogP contribution in [0.15, 0.2) is 0 Å². The van der Waals surface area contributed by atoms with Crippen molar-refractivity contribution in [3.63, 3.8) is 0 Å². The number of carbonyl (C=O) groups is 2. The number of thioether (sulfide) groups is 1. The van der Waals surface area contributed by atoms with Crippen LogP contribution in [0.4, 0.5) is 4.79 Å². The minimum Gasteiger partial charge on any atom is -0.480 e. The lowest BCUT2D eigenvalue weighted by Crippen LogP contribution is -2.41. The molecule has 0 aromatic carbocycles. The van der Waals surface area contributed by atoms with Gasteiger partial charge in [0.2, 0.25) is 0 Å². The van der Waals surface area contributed by atoms with Gasteiger partial charge in [0.25, 0.3) is 0 Å². The maximum absolute atomic E-state index is 11.0. The molecular formula is C9H17NO4S. The third-order valence-electron chi connectivity index (χ3n) is 1.62. The van der Waals surface area contributed by atoms with Gasteiger partial charge < -0.3 is 15.2 Å². The number of hydrogen-bond acceptors (Lipinski definition) is 4. The Balaban J connectivity index is 3.93. The highest BCUT2D eigenvalue weighted by molar-refractivity contribution is 7.99. The molecule has 0 spiro atoms. The lowest BCUT2D eigenvalue weighted by Gasteiger charge is -2.13. The third-order valence-corrected chi connectivity index (χ3v) is 2.55. The van der Waals surface area contributed by atoms with Gasteiger partial charge in [-0.15, -0.1) is 0 Å². The number of carboxylic acids is 1. The summed E-state index contributed by atoms with van der Waals surface area (Å²) in [5, 5.41) is 11.1. The molecule has 0 rings (SSSR count). The molecule has 0 saturated carbocycles. The summed E-state index contributed by atoms with van der Waals surface area (Å²) in [5.41, 5.74) is 0. The SMILES string of the molecule is CCOC(=O)N[C@@H](CCSCC)C(=O)O. The van der Waals surface area contributed by atoms with Crippen LogP contribution in [0.25, 0.3) is 0 Å². The van der Waals surface area contributed by atoms with Gasteiger partial charge in [0.1, 0.15) is 6.04 Å². The summed E-state index contributed by atoms with van der Waals surface area (Å²) in [6.07, 6.45) is -0.265. The smallest absolute Gasteiger partial charge is 0.407 e. The molecular weight excluding hydrogens is 218 g/mol. The van der Waals surface area contributed by atoms with Crippen LogP contribution < -0.4 is 5.32 Å². The molecule has 0 saturated heterocycles. The van der Waals surface area contributed by atoms with Crippen molar-refractivity contribution >= 4 is 23.8 Å². The second-order valence-electron chi connectivity index (χ2n) is 2.74. The summed E-state index contributed by atoms with van der Waals surface area (Å²) in [6, 6.07) is -0.858. The average Bonchev–Trinajstić information content (AvgIpc) is 2.16. The van der Waals surface area contributed by atoms with Gasteiger partial charge in [-0.25, -0.2) is 9.59 Å². The minimum absolute atomic E-state index is 0.238. The summed E-state index contributed by atoms with van der Waals surface area (Å²) >= 11 is 1.64. The summed E-state index contributed by atoms with van der Waals surface area (Å²) in [6.45, 7) is 3.91. The molecule has 2 N–H and O–H groups in total. The maximum atomic E-state index is 11.0. The number of rotatable bonds is 7. The number of carbonyl (C=O) groups excluding carboxylic acids is 1. The van der Waals surface area contributed by atoms with E-state index < -0.39 is 18.1 Å². The van der Waals surface area contributed by atoms with Gasteiger partial charge in [-0.1, -0.05) is 6.92 Å². The molecule has 0 aromatic heterocycles. The lowest BCUT2D eigenvalue weighted by molar-refractivity contribution is -0.139. The van der Waals surface area contributed by atoms with Gasteiger partial charge >= 0.3 is 12.1 Å². The number of ether oxygens (including phenoxy) is 1. The standard InChI is InChI=1S/C9H17NO4S/c1-3-14-9(13)10-7(8(11)12)5-6-15-4-2/h7H,3-6H2,1-2H3,(H,10,13)(H,11,12)/t7-/m0/s1. The fourth-order valence-electron chi connectivity index (χ4n) is 0.918. The van der Waals surface area contributed by atoms with Crippen molar-refractivity contribution < 1.29 is 19.4 Å². The second-order valence-corrected chi connectivity index (χ2v) is 4.14. The number of alkyl carbamates (subject to hydrolysis) is 1. The van der Waals surface area contributed by atoms with E-state index in [4.69, 9.17) is 5.11 Å². The van der Waals surface area contributed by atoms with E-state index in [9.17, 15) is 9.59 Å². The Labute approximate surface area is 93.6 Å². The van der Waals surface area contributed by atoms with Crippen LogP contribution in [0.3, 0.4) is 0 Å². The van der Waals surface area contributed by atoms with E-state index >= 15 is 0 Å². The van der Waals surface area contributed by atoms with E-state index in [1.54, 1.807) is 18.7 Å². The van der Waals surface area contributed by atoms with Crippen LogP contribution in [0.5, 0.6) is 0 Å². The van der Waals surface area contributed by atoms with Crippen molar-refractivity contribution in [2.24, 2.45) is 0 Å². The van der Waals surface area contributed by atoms with Gasteiger partial charge in [-0.2, -0.15) is 11.8 Å². The molecule has 88 valence electrons. The van der Waals surface area contributed by atoms with E-state index in [-0.39, 0.29) is 6.61 Å². The quantitative estimate of drug-likeness (QED) is 0.651. The molecule has 0 fully saturated rings. The fourth-order valence-corrected chi connectivity index (χ4v) is 1.61. The Morgan fingerprint density at radius 3 is 2.60 bits per heavy atom. The molecule has 15 heavy (non-hydrogen) atoms. The number of hydrogen-bond donors (Lipinski definition) is 2. The molecule has 1 amide bonds. The molecule has 0 heterocycles. The first-order chi connectivity index (χ1) is 7.11. The topological polar surface area (TPSA) is 75.6 Å². The zero-order chi connectivity index (χ0) is 11.7. The number of aliphatic carboxylic acids is 1. The molecule has 0 bridgehead atoms. The van der Waals surface area contributed by atoms with Gasteiger partial charge in [0.15, 0.2) is 0 Å². The first kappa shape index (κ1) is 14.1. The number of amides is 1. The van der Waals surface area contributed by atoms with E-state index in [0.717, 1.165) is 5.75 Å². The van der Waals surface area contributed by atoms with Gasteiger partial charge in [-0.05, 0) is 24.9 Å². The van der Waals surface area contributed by atoms with E-state index in [0.29, 0.717) is 12.2 Å².